The molecule has 0 radical (unpaired) electrons. The van der Waals surface area contributed by atoms with Crippen LogP contribution in [-0.4, -0.2) is 23.9 Å². The Kier molecular flexibility index (Phi) is 3.78. The molecule has 5 nitrogen and oxygen atoms in total. The average Bonchev–Trinajstić information content (AvgIpc) is 2.93. The molecule has 20 heavy (non-hydrogen) atoms. The summed E-state index contributed by atoms with van der Waals surface area (Å²) in [5.74, 6) is 0.448. The standard InChI is InChI=1S/C15H19NO4/c17-15(18)14(16-11-4-2-1-3-5-11)10-6-7-12-13(8-10)20-9-19-12/h6-8,11,14,16H,1-5,9H2,(H,17,18). The van der Waals surface area contributed by atoms with Gasteiger partial charge in [-0.2, -0.15) is 0 Å². The molecule has 1 atom stereocenters. The predicted molar refractivity (Wildman–Crippen MR) is 73.0 cm³/mol. The Bertz CT molecular complexity index is 497. The van der Waals surface area contributed by atoms with E-state index in [9.17, 15) is 9.90 Å². The van der Waals surface area contributed by atoms with Crippen molar-refractivity contribution in [2.75, 3.05) is 6.79 Å². The summed E-state index contributed by atoms with van der Waals surface area (Å²) >= 11 is 0. The molecule has 1 unspecified atom stereocenters. The van der Waals surface area contributed by atoms with Crippen LogP contribution in [0.1, 0.15) is 43.7 Å². The maximum atomic E-state index is 11.5. The van der Waals surface area contributed by atoms with E-state index in [1.165, 1.54) is 19.3 Å². The van der Waals surface area contributed by atoms with E-state index in [1.54, 1.807) is 18.2 Å². The van der Waals surface area contributed by atoms with Crippen LogP contribution in [0.3, 0.4) is 0 Å². The zero-order valence-electron chi connectivity index (χ0n) is 11.3. The molecule has 1 saturated carbocycles. The van der Waals surface area contributed by atoms with Gasteiger partial charge in [0.15, 0.2) is 11.5 Å². The average molecular weight is 277 g/mol. The number of ether oxygens (including phenoxy) is 2. The lowest BCUT2D eigenvalue weighted by atomic mass is 9.94. The first-order chi connectivity index (χ1) is 9.74. The summed E-state index contributed by atoms with van der Waals surface area (Å²) < 4.78 is 10.6. The highest BCUT2D eigenvalue weighted by atomic mass is 16.7. The maximum absolute atomic E-state index is 11.5. The van der Waals surface area contributed by atoms with Crippen LogP contribution in [0.25, 0.3) is 0 Å². The normalized spacial score (nSPS) is 19.8. The van der Waals surface area contributed by atoms with E-state index in [0.29, 0.717) is 17.1 Å². The number of carboxylic acid groups (broad SMARTS) is 1. The number of fused-ring (bicyclic) bond motifs is 1. The van der Waals surface area contributed by atoms with Crippen molar-refractivity contribution < 1.29 is 19.4 Å². The van der Waals surface area contributed by atoms with Crippen LogP contribution in [0.15, 0.2) is 18.2 Å². The molecule has 1 heterocycles. The highest BCUT2D eigenvalue weighted by Crippen LogP contribution is 2.34. The minimum absolute atomic E-state index is 0.201. The van der Waals surface area contributed by atoms with Crippen molar-refractivity contribution in [1.29, 1.82) is 0 Å². The van der Waals surface area contributed by atoms with E-state index in [4.69, 9.17) is 9.47 Å². The van der Waals surface area contributed by atoms with Crippen molar-refractivity contribution >= 4 is 5.97 Å². The van der Waals surface area contributed by atoms with Gasteiger partial charge in [0.2, 0.25) is 6.79 Å². The van der Waals surface area contributed by atoms with Gasteiger partial charge in [0, 0.05) is 6.04 Å². The van der Waals surface area contributed by atoms with Gasteiger partial charge in [-0.05, 0) is 30.5 Å². The summed E-state index contributed by atoms with van der Waals surface area (Å²) in [6.07, 6.45) is 5.69. The second-order valence-electron chi connectivity index (χ2n) is 5.39. The molecule has 1 fully saturated rings. The monoisotopic (exact) mass is 277 g/mol. The summed E-state index contributed by atoms with van der Waals surface area (Å²) in [4.78, 5) is 11.5. The van der Waals surface area contributed by atoms with Crippen LogP contribution >= 0.6 is 0 Å². The van der Waals surface area contributed by atoms with Crippen molar-refractivity contribution in [3.8, 4) is 11.5 Å². The van der Waals surface area contributed by atoms with Gasteiger partial charge >= 0.3 is 5.97 Å². The lowest BCUT2D eigenvalue weighted by Gasteiger charge is -2.26. The fraction of sp³-hybridized carbons (Fsp3) is 0.533. The summed E-state index contributed by atoms with van der Waals surface area (Å²) in [7, 11) is 0. The minimum atomic E-state index is -0.852. The quantitative estimate of drug-likeness (QED) is 0.885. The minimum Gasteiger partial charge on any atom is -0.480 e. The number of nitrogens with one attached hydrogen (secondary N) is 1. The molecule has 0 spiro atoms. The zero-order valence-corrected chi connectivity index (χ0v) is 11.3. The summed E-state index contributed by atoms with van der Waals surface area (Å²) in [6, 6.07) is 4.93. The fourth-order valence-electron chi connectivity index (χ4n) is 2.91. The maximum Gasteiger partial charge on any atom is 0.325 e. The van der Waals surface area contributed by atoms with Crippen molar-refractivity contribution in [3.63, 3.8) is 0 Å². The topological polar surface area (TPSA) is 67.8 Å². The number of hydrogen-bond donors (Lipinski definition) is 2. The fourth-order valence-corrected chi connectivity index (χ4v) is 2.91. The third-order valence-electron chi connectivity index (χ3n) is 3.98. The molecular weight excluding hydrogens is 258 g/mol. The molecular formula is C15H19NO4. The van der Waals surface area contributed by atoms with Crippen molar-refractivity contribution in [1.82, 2.24) is 5.32 Å². The highest BCUT2D eigenvalue weighted by molar-refractivity contribution is 5.76. The third-order valence-corrected chi connectivity index (χ3v) is 3.98. The molecule has 2 N–H and O–H groups in total. The lowest BCUT2D eigenvalue weighted by Crippen LogP contribution is -2.38. The van der Waals surface area contributed by atoms with Crippen LogP contribution < -0.4 is 14.8 Å². The molecule has 0 aromatic heterocycles. The Labute approximate surface area is 117 Å². The molecule has 1 aliphatic heterocycles. The van der Waals surface area contributed by atoms with Crippen LogP contribution in [0, 0.1) is 0 Å². The Morgan fingerprint density at radius 3 is 2.70 bits per heavy atom. The number of carbonyl (C=O) groups is 1. The van der Waals surface area contributed by atoms with Crippen molar-refractivity contribution in [2.24, 2.45) is 0 Å². The zero-order chi connectivity index (χ0) is 13.9. The number of hydrogen-bond acceptors (Lipinski definition) is 4. The third kappa shape index (κ3) is 2.72. The van der Waals surface area contributed by atoms with Crippen LogP contribution in [0.4, 0.5) is 0 Å². The van der Waals surface area contributed by atoms with E-state index in [-0.39, 0.29) is 12.8 Å². The van der Waals surface area contributed by atoms with Crippen LogP contribution in [0.2, 0.25) is 0 Å². The molecule has 1 aromatic carbocycles. The number of rotatable bonds is 4. The first-order valence-corrected chi connectivity index (χ1v) is 7.12. The Morgan fingerprint density at radius 2 is 1.95 bits per heavy atom. The summed E-state index contributed by atoms with van der Waals surface area (Å²) in [6.45, 7) is 0.201. The molecule has 5 heteroatoms. The van der Waals surface area contributed by atoms with E-state index < -0.39 is 12.0 Å². The van der Waals surface area contributed by atoms with E-state index in [2.05, 4.69) is 5.32 Å². The van der Waals surface area contributed by atoms with E-state index >= 15 is 0 Å². The summed E-state index contributed by atoms with van der Waals surface area (Å²) in [5.41, 5.74) is 0.715. The predicted octanol–water partition coefficient (Wildman–Crippen LogP) is 2.46. The lowest BCUT2D eigenvalue weighted by molar-refractivity contribution is -0.140. The molecule has 1 aromatic rings. The molecule has 0 amide bonds. The number of carboxylic acids is 1. The number of aliphatic carboxylic acids is 1. The molecule has 2 aliphatic rings. The second kappa shape index (κ2) is 5.71. The van der Waals surface area contributed by atoms with Crippen molar-refractivity contribution in [2.45, 2.75) is 44.2 Å². The van der Waals surface area contributed by atoms with Gasteiger partial charge in [0.25, 0.3) is 0 Å². The van der Waals surface area contributed by atoms with Gasteiger partial charge in [-0.25, -0.2) is 0 Å². The van der Waals surface area contributed by atoms with Gasteiger partial charge in [-0.1, -0.05) is 25.3 Å². The van der Waals surface area contributed by atoms with Gasteiger partial charge in [-0.15, -0.1) is 0 Å². The number of benzene rings is 1. The van der Waals surface area contributed by atoms with Crippen LogP contribution in [0.5, 0.6) is 11.5 Å². The van der Waals surface area contributed by atoms with Gasteiger partial charge in [0.05, 0.1) is 0 Å². The Balaban J connectivity index is 1.77. The van der Waals surface area contributed by atoms with E-state index in [0.717, 1.165) is 12.8 Å². The molecule has 0 saturated heterocycles. The van der Waals surface area contributed by atoms with E-state index in [1.807, 2.05) is 0 Å². The molecule has 3 rings (SSSR count). The molecule has 108 valence electrons. The van der Waals surface area contributed by atoms with Gasteiger partial charge in [-0.3, -0.25) is 10.1 Å². The second-order valence-corrected chi connectivity index (χ2v) is 5.39. The SMILES string of the molecule is O=C(O)C(NC1CCCCC1)c1ccc2c(c1)OCO2. The van der Waals surface area contributed by atoms with Crippen molar-refractivity contribution in [3.05, 3.63) is 23.8 Å². The molecule has 0 bridgehead atoms. The first kappa shape index (κ1) is 13.2. The highest BCUT2D eigenvalue weighted by Gasteiger charge is 2.26. The van der Waals surface area contributed by atoms with Gasteiger partial charge in [0.1, 0.15) is 6.04 Å². The smallest absolute Gasteiger partial charge is 0.325 e. The molecule has 1 aliphatic carbocycles. The van der Waals surface area contributed by atoms with Gasteiger partial charge < -0.3 is 14.6 Å². The first-order valence-electron chi connectivity index (χ1n) is 7.12. The Morgan fingerprint density at radius 1 is 1.20 bits per heavy atom. The Hall–Kier alpha value is -1.75. The largest absolute Gasteiger partial charge is 0.480 e. The van der Waals surface area contributed by atoms with Crippen LogP contribution in [-0.2, 0) is 4.79 Å². The summed E-state index contributed by atoms with van der Waals surface area (Å²) in [5, 5.41) is 12.7.